The van der Waals surface area contributed by atoms with Gasteiger partial charge >= 0.3 is 0 Å². The minimum absolute atomic E-state index is 0.0356. The number of ether oxygens (including phenoxy) is 3. The van der Waals surface area contributed by atoms with Crippen LogP contribution in [-0.4, -0.2) is 56.2 Å². The number of hydrogen-bond acceptors (Lipinski definition) is 5. The van der Waals surface area contributed by atoms with E-state index in [1.165, 1.54) is 0 Å². The fourth-order valence-corrected chi connectivity index (χ4v) is 3.69. The van der Waals surface area contributed by atoms with Crippen LogP contribution < -0.4 is 14.8 Å². The minimum atomic E-state index is -0.0356. The van der Waals surface area contributed by atoms with Crippen molar-refractivity contribution in [1.82, 2.24) is 10.2 Å². The normalized spacial score (nSPS) is 20.1. The second-order valence-electron chi connectivity index (χ2n) is 7.43. The highest BCUT2D eigenvalue weighted by molar-refractivity contribution is 5.79. The van der Waals surface area contributed by atoms with Crippen LogP contribution in [0, 0.1) is 5.92 Å². The van der Waals surface area contributed by atoms with Crippen LogP contribution >= 0.6 is 0 Å². The van der Waals surface area contributed by atoms with Crippen LogP contribution in [0.1, 0.15) is 38.2 Å². The second-order valence-corrected chi connectivity index (χ2v) is 7.43. The Morgan fingerprint density at radius 3 is 2.64 bits per heavy atom. The van der Waals surface area contributed by atoms with Gasteiger partial charge in [-0.05, 0) is 43.4 Å². The molecule has 2 aliphatic heterocycles. The van der Waals surface area contributed by atoms with Crippen LogP contribution in [0.2, 0.25) is 0 Å². The molecule has 2 saturated heterocycles. The van der Waals surface area contributed by atoms with Crippen molar-refractivity contribution in [3.05, 3.63) is 23.8 Å². The first-order valence-electron chi connectivity index (χ1n) is 10.0. The monoisotopic (exact) mass is 390 g/mol. The number of rotatable bonds is 7. The van der Waals surface area contributed by atoms with Gasteiger partial charge in [0, 0.05) is 39.1 Å². The Bertz CT molecular complexity index is 679. The molecule has 2 fully saturated rings. The van der Waals surface area contributed by atoms with Crippen molar-refractivity contribution in [2.45, 2.75) is 45.3 Å². The van der Waals surface area contributed by atoms with E-state index < -0.39 is 0 Å². The van der Waals surface area contributed by atoms with E-state index in [9.17, 15) is 9.59 Å². The van der Waals surface area contributed by atoms with E-state index in [1.54, 1.807) is 18.9 Å². The predicted molar refractivity (Wildman–Crippen MR) is 104 cm³/mol. The van der Waals surface area contributed by atoms with E-state index in [4.69, 9.17) is 14.2 Å². The molecule has 1 atom stereocenters. The molecule has 0 spiro atoms. The summed E-state index contributed by atoms with van der Waals surface area (Å²) in [4.78, 5) is 25.6. The third-order valence-electron chi connectivity index (χ3n) is 5.45. The van der Waals surface area contributed by atoms with Crippen LogP contribution in [-0.2, 0) is 20.9 Å². The first-order valence-corrected chi connectivity index (χ1v) is 10.0. The number of carbonyl (C=O) groups excluding carboxylic acids is 2. The molecular formula is C21H30N2O5. The summed E-state index contributed by atoms with van der Waals surface area (Å²) in [7, 11) is 1.61. The Hall–Kier alpha value is -2.28. The molecule has 28 heavy (non-hydrogen) atoms. The molecule has 2 amide bonds. The molecule has 2 heterocycles. The van der Waals surface area contributed by atoms with Gasteiger partial charge in [0.25, 0.3) is 0 Å². The summed E-state index contributed by atoms with van der Waals surface area (Å²) in [5.74, 6) is 1.42. The molecule has 0 saturated carbocycles. The van der Waals surface area contributed by atoms with Crippen molar-refractivity contribution in [1.29, 1.82) is 0 Å². The molecule has 3 rings (SSSR count). The molecule has 0 aromatic heterocycles. The Morgan fingerprint density at radius 1 is 1.21 bits per heavy atom. The van der Waals surface area contributed by atoms with E-state index in [2.05, 4.69) is 5.32 Å². The van der Waals surface area contributed by atoms with Crippen molar-refractivity contribution >= 4 is 11.8 Å². The fourth-order valence-electron chi connectivity index (χ4n) is 3.69. The average molecular weight is 390 g/mol. The first kappa shape index (κ1) is 20.5. The summed E-state index contributed by atoms with van der Waals surface area (Å²) in [6, 6.07) is 5.70. The molecule has 1 aromatic rings. The summed E-state index contributed by atoms with van der Waals surface area (Å²) in [5, 5.41) is 3.00. The lowest BCUT2D eigenvalue weighted by Crippen LogP contribution is -2.42. The Kier molecular flexibility index (Phi) is 7.14. The molecule has 0 aliphatic carbocycles. The molecule has 0 radical (unpaired) electrons. The number of piperidine rings is 1. The number of amides is 2. The fraction of sp³-hybridized carbons (Fsp3) is 0.619. The number of carbonyl (C=O) groups is 2. The Balaban J connectivity index is 1.48. The zero-order chi connectivity index (χ0) is 19.9. The van der Waals surface area contributed by atoms with Crippen molar-refractivity contribution in [2.24, 2.45) is 5.92 Å². The van der Waals surface area contributed by atoms with E-state index in [0.717, 1.165) is 25.0 Å². The number of likely N-dealkylation sites (tertiary alicyclic amines) is 1. The van der Waals surface area contributed by atoms with Gasteiger partial charge in [-0.2, -0.15) is 0 Å². The molecule has 7 heteroatoms. The highest BCUT2D eigenvalue weighted by Crippen LogP contribution is 2.29. The van der Waals surface area contributed by atoms with E-state index in [0.29, 0.717) is 50.6 Å². The lowest BCUT2D eigenvalue weighted by molar-refractivity contribution is -0.134. The molecule has 0 bridgehead atoms. The predicted octanol–water partition coefficient (Wildman–Crippen LogP) is 2.13. The summed E-state index contributed by atoms with van der Waals surface area (Å²) >= 11 is 0. The maximum absolute atomic E-state index is 12.4. The van der Waals surface area contributed by atoms with Crippen LogP contribution in [0.15, 0.2) is 18.2 Å². The molecule has 7 nitrogen and oxygen atoms in total. The van der Waals surface area contributed by atoms with Gasteiger partial charge in [-0.25, -0.2) is 0 Å². The van der Waals surface area contributed by atoms with Crippen LogP contribution in [0.3, 0.4) is 0 Å². The number of hydrogen-bond donors (Lipinski definition) is 1. The smallest absolute Gasteiger partial charge is 0.223 e. The van der Waals surface area contributed by atoms with Gasteiger partial charge in [0.05, 0.1) is 13.2 Å². The minimum Gasteiger partial charge on any atom is -0.493 e. The van der Waals surface area contributed by atoms with Gasteiger partial charge in [0.2, 0.25) is 11.8 Å². The van der Waals surface area contributed by atoms with Gasteiger partial charge < -0.3 is 24.4 Å². The summed E-state index contributed by atoms with van der Waals surface area (Å²) in [6.07, 6.45) is 3.68. The second kappa shape index (κ2) is 9.78. The first-order chi connectivity index (χ1) is 13.6. The molecule has 1 unspecified atom stereocenters. The summed E-state index contributed by atoms with van der Waals surface area (Å²) < 4.78 is 16.9. The largest absolute Gasteiger partial charge is 0.493 e. The zero-order valence-corrected chi connectivity index (χ0v) is 16.7. The maximum atomic E-state index is 12.4. The lowest BCUT2D eigenvalue weighted by atomic mass is 9.96. The zero-order valence-electron chi connectivity index (χ0n) is 16.7. The van der Waals surface area contributed by atoms with Crippen LogP contribution in [0.5, 0.6) is 11.5 Å². The van der Waals surface area contributed by atoms with Gasteiger partial charge in [0.1, 0.15) is 6.61 Å². The number of nitrogens with one attached hydrogen (secondary N) is 1. The third-order valence-corrected chi connectivity index (χ3v) is 5.45. The Labute approximate surface area is 166 Å². The van der Waals surface area contributed by atoms with E-state index >= 15 is 0 Å². The van der Waals surface area contributed by atoms with Crippen molar-refractivity contribution in [3.8, 4) is 11.5 Å². The van der Waals surface area contributed by atoms with E-state index in [1.807, 2.05) is 18.2 Å². The molecule has 154 valence electrons. The standard InChI is InChI=1S/C21H30N2O5/c1-15(24)23-9-7-17(8-10-23)21(25)22-13-16-5-6-19(20(12-16)26-2)28-14-18-4-3-11-27-18/h5-6,12,17-18H,3-4,7-11,13-14H2,1-2H3,(H,22,25). The number of nitrogens with zero attached hydrogens (tertiary/aromatic N) is 1. The van der Waals surface area contributed by atoms with Crippen molar-refractivity contribution in [3.63, 3.8) is 0 Å². The maximum Gasteiger partial charge on any atom is 0.223 e. The molecule has 1 aromatic carbocycles. The van der Waals surface area contributed by atoms with Crippen LogP contribution in [0.25, 0.3) is 0 Å². The summed E-state index contributed by atoms with van der Waals surface area (Å²) in [6.45, 7) is 4.63. The lowest BCUT2D eigenvalue weighted by Gasteiger charge is -2.30. The number of benzene rings is 1. The van der Waals surface area contributed by atoms with Gasteiger partial charge in [-0.15, -0.1) is 0 Å². The Morgan fingerprint density at radius 2 is 2.00 bits per heavy atom. The molecule has 2 aliphatic rings. The van der Waals surface area contributed by atoms with Gasteiger partial charge in [0.15, 0.2) is 11.5 Å². The SMILES string of the molecule is COc1cc(CNC(=O)C2CCN(C(C)=O)CC2)ccc1OCC1CCCO1. The van der Waals surface area contributed by atoms with Gasteiger partial charge in [-0.1, -0.05) is 6.07 Å². The molecule has 1 N–H and O–H groups in total. The average Bonchev–Trinajstić information content (AvgIpc) is 3.24. The van der Waals surface area contributed by atoms with Crippen molar-refractivity contribution < 1.29 is 23.8 Å². The highest BCUT2D eigenvalue weighted by atomic mass is 16.5. The van der Waals surface area contributed by atoms with E-state index in [-0.39, 0.29) is 23.8 Å². The van der Waals surface area contributed by atoms with Crippen molar-refractivity contribution in [2.75, 3.05) is 33.4 Å². The molecular weight excluding hydrogens is 360 g/mol. The summed E-state index contributed by atoms with van der Waals surface area (Å²) in [5.41, 5.74) is 0.954. The number of methoxy groups -OCH3 is 1. The third kappa shape index (κ3) is 5.38. The van der Waals surface area contributed by atoms with Crippen LogP contribution in [0.4, 0.5) is 0 Å². The quantitative estimate of drug-likeness (QED) is 0.772. The highest BCUT2D eigenvalue weighted by Gasteiger charge is 2.25. The topological polar surface area (TPSA) is 77.1 Å². The van der Waals surface area contributed by atoms with Gasteiger partial charge in [-0.3, -0.25) is 9.59 Å².